The van der Waals surface area contributed by atoms with Gasteiger partial charge in [0.2, 0.25) is 10.0 Å². The summed E-state index contributed by atoms with van der Waals surface area (Å²) in [7, 11) is -3.56. The monoisotopic (exact) mass is 456 g/mol. The zero-order chi connectivity index (χ0) is 22.8. The normalized spacial score (nSPS) is 19.5. The molecule has 0 bridgehead atoms. The van der Waals surface area contributed by atoms with Crippen molar-refractivity contribution in [2.75, 3.05) is 36.4 Å². The van der Waals surface area contributed by atoms with Crippen LogP contribution in [0.2, 0.25) is 0 Å². The number of aromatic nitrogens is 1. The number of nitrogens with one attached hydrogen (secondary N) is 1. The van der Waals surface area contributed by atoms with E-state index in [1.807, 2.05) is 0 Å². The van der Waals surface area contributed by atoms with Gasteiger partial charge >= 0.3 is 0 Å². The van der Waals surface area contributed by atoms with Crippen LogP contribution in [-0.4, -0.2) is 49.8 Å². The van der Waals surface area contributed by atoms with Crippen molar-refractivity contribution in [1.29, 1.82) is 0 Å². The number of benzene rings is 1. The molecular weight excluding hydrogens is 424 g/mol. The fraction of sp³-hybridized carbons (Fsp3) is 0.500. The van der Waals surface area contributed by atoms with Crippen molar-refractivity contribution in [3.63, 3.8) is 0 Å². The van der Waals surface area contributed by atoms with E-state index < -0.39 is 10.0 Å². The third kappa shape index (κ3) is 4.96. The molecule has 0 unspecified atom stereocenters. The van der Waals surface area contributed by atoms with Crippen LogP contribution >= 0.6 is 0 Å². The highest BCUT2D eigenvalue weighted by Gasteiger charge is 2.29. The van der Waals surface area contributed by atoms with Gasteiger partial charge in [-0.2, -0.15) is 4.31 Å². The van der Waals surface area contributed by atoms with Crippen LogP contribution in [0.25, 0.3) is 0 Å². The molecule has 1 amide bonds. The summed E-state index contributed by atoms with van der Waals surface area (Å²) in [4.78, 5) is 20.0. The number of nitrogens with zero attached hydrogens (tertiary/aromatic N) is 3. The van der Waals surface area contributed by atoms with Crippen molar-refractivity contribution < 1.29 is 13.2 Å². The maximum Gasteiger partial charge on any atom is 0.259 e. The van der Waals surface area contributed by atoms with Crippen molar-refractivity contribution in [3.8, 4) is 0 Å². The summed E-state index contributed by atoms with van der Waals surface area (Å²) in [5.41, 5.74) is 1.26. The van der Waals surface area contributed by atoms with E-state index in [0.29, 0.717) is 35.6 Å². The molecular formula is C24H32N4O3S. The Bertz CT molecular complexity index is 1070. The fourth-order valence-electron chi connectivity index (χ4n) is 4.34. The lowest BCUT2D eigenvalue weighted by Crippen LogP contribution is -2.38. The summed E-state index contributed by atoms with van der Waals surface area (Å²) in [6.45, 7) is 7.33. The highest BCUT2D eigenvalue weighted by molar-refractivity contribution is 7.89. The SMILES string of the molecule is CC1(C)CCN(c2ncccc2C(=O)Nc2cccc(S(=O)(=O)N3CCCCC3)c2)CC1. The number of piperidine rings is 2. The fourth-order valence-corrected chi connectivity index (χ4v) is 5.90. The van der Waals surface area contributed by atoms with Crippen LogP contribution in [0.3, 0.4) is 0 Å². The van der Waals surface area contributed by atoms with Crippen molar-refractivity contribution >= 4 is 27.4 Å². The van der Waals surface area contributed by atoms with Crippen LogP contribution in [0.1, 0.15) is 56.3 Å². The first-order valence-electron chi connectivity index (χ1n) is 11.4. The maximum atomic E-state index is 13.1. The average Bonchev–Trinajstić information content (AvgIpc) is 2.80. The molecule has 0 spiro atoms. The number of pyridine rings is 1. The van der Waals surface area contributed by atoms with Gasteiger partial charge in [0.05, 0.1) is 10.5 Å². The van der Waals surface area contributed by atoms with Crippen LogP contribution in [0.15, 0.2) is 47.5 Å². The minimum Gasteiger partial charge on any atom is -0.356 e. The zero-order valence-corrected chi connectivity index (χ0v) is 19.7. The van der Waals surface area contributed by atoms with Crippen LogP contribution in [0.5, 0.6) is 0 Å². The highest BCUT2D eigenvalue weighted by Crippen LogP contribution is 2.33. The van der Waals surface area contributed by atoms with Crippen LogP contribution in [0.4, 0.5) is 11.5 Å². The molecule has 2 aliphatic rings. The van der Waals surface area contributed by atoms with Gasteiger partial charge in [0.25, 0.3) is 5.91 Å². The molecule has 32 heavy (non-hydrogen) atoms. The number of hydrogen-bond donors (Lipinski definition) is 1. The molecule has 2 fully saturated rings. The molecule has 2 aliphatic heterocycles. The second-order valence-electron chi connectivity index (χ2n) is 9.47. The molecule has 2 aromatic rings. The van der Waals surface area contributed by atoms with E-state index >= 15 is 0 Å². The number of hydrogen-bond acceptors (Lipinski definition) is 5. The lowest BCUT2D eigenvalue weighted by molar-refractivity contribution is 0.102. The van der Waals surface area contributed by atoms with E-state index in [-0.39, 0.29) is 10.8 Å². The maximum absolute atomic E-state index is 13.1. The van der Waals surface area contributed by atoms with E-state index in [1.165, 1.54) is 4.31 Å². The van der Waals surface area contributed by atoms with Gasteiger partial charge in [0.1, 0.15) is 5.82 Å². The molecule has 1 aromatic carbocycles. The molecule has 172 valence electrons. The predicted octanol–water partition coefficient (Wildman–Crippen LogP) is 4.13. The van der Waals surface area contributed by atoms with Gasteiger partial charge in [-0.3, -0.25) is 4.79 Å². The summed E-state index contributed by atoms with van der Waals surface area (Å²) in [5.74, 6) is 0.392. The third-order valence-corrected chi connectivity index (χ3v) is 8.39. The minimum absolute atomic E-state index is 0.210. The molecule has 0 atom stereocenters. The van der Waals surface area contributed by atoms with Crippen molar-refractivity contribution in [2.45, 2.75) is 50.8 Å². The van der Waals surface area contributed by atoms with Crippen molar-refractivity contribution in [3.05, 3.63) is 48.2 Å². The minimum atomic E-state index is -3.56. The standard InChI is InChI=1S/C24H32N4O3S/c1-24(2)11-16-27(17-12-24)22-21(10-7-13-25-22)23(29)26-19-8-6-9-20(18-19)32(30,31)28-14-4-3-5-15-28/h6-10,13,18H,3-5,11-12,14-17H2,1-2H3,(H,26,29). The second kappa shape index (κ2) is 9.19. The van der Waals surface area contributed by atoms with Crippen LogP contribution < -0.4 is 10.2 Å². The molecule has 3 heterocycles. The van der Waals surface area contributed by atoms with Crippen molar-refractivity contribution in [2.24, 2.45) is 5.41 Å². The Balaban J connectivity index is 1.52. The molecule has 0 radical (unpaired) electrons. The van der Waals surface area contributed by atoms with Gasteiger partial charge in [-0.05, 0) is 61.4 Å². The van der Waals surface area contributed by atoms with Gasteiger partial charge in [-0.15, -0.1) is 0 Å². The highest BCUT2D eigenvalue weighted by atomic mass is 32.2. The Kier molecular flexibility index (Phi) is 6.53. The van der Waals surface area contributed by atoms with Crippen LogP contribution in [0, 0.1) is 5.41 Å². The Morgan fingerprint density at radius 1 is 1.00 bits per heavy atom. The van der Waals surface area contributed by atoms with E-state index in [9.17, 15) is 13.2 Å². The molecule has 0 saturated carbocycles. The number of sulfonamides is 1. The molecule has 8 heteroatoms. The molecule has 7 nitrogen and oxygen atoms in total. The van der Waals surface area contributed by atoms with E-state index in [4.69, 9.17) is 0 Å². The Labute approximate surface area is 190 Å². The van der Waals surface area contributed by atoms with E-state index in [1.54, 1.807) is 42.6 Å². The lowest BCUT2D eigenvalue weighted by atomic mass is 9.82. The Morgan fingerprint density at radius 2 is 1.72 bits per heavy atom. The van der Waals surface area contributed by atoms with Crippen LogP contribution in [-0.2, 0) is 10.0 Å². The number of carbonyl (C=O) groups is 1. The summed E-state index contributed by atoms with van der Waals surface area (Å²) >= 11 is 0. The first-order chi connectivity index (χ1) is 15.3. The van der Waals surface area contributed by atoms with Gasteiger partial charge in [-0.25, -0.2) is 13.4 Å². The van der Waals surface area contributed by atoms with Gasteiger partial charge in [-0.1, -0.05) is 26.3 Å². The molecule has 2 saturated heterocycles. The first-order valence-corrected chi connectivity index (χ1v) is 12.8. The zero-order valence-electron chi connectivity index (χ0n) is 18.9. The summed E-state index contributed by atoms with van der Waals surface area (Å²) in [6, 6.07) is 10.0. The van der Waals surface area contributed by atoms with Gasteiger partial charge < -0.3 is 10.2 Å². The first kappa shape index (κ1) is 22.7. The largest absolute Gasteiger partial charge is 0.356 e. The summed E-state index contributed by atoms with van der Waals surface area (Å²) in [5, 5.41) is 2.88. The quantitative estimate of drug-likeness (QED) is 0.731. The smallest absolute Gasteiger partial charge is 0.259 e. The van der Waals surface area contributed by atoms with Gasteiger partial charge in [0.15, 0.2) is 0 Å². The third-order valence-electron chi connectivity index (χ3n) is 6.49. The lowest BCUT2D eigenvalue weighted by Gasteiger charge is -2.38. The Morgan fingerprint density at radius 3 is 2.44 bits per heavy atom. The van der Waals surface area contributed by atoms with E-state index in [2.05, 4.69) is 29.0 Å². The number of rotatable bonds is 5. The number of amides is 1. The summed E-state index contributed by atoms with van der Waals surface area (Å²) in [6.07, 6.45) is 6.62. The Hall–Kier alpha value is -2.45. The molecule has 4 rings (SSSR count). The molecule has 0 aliphatic carbocycles. The van der Waals surface area contributed by atoms with E-state index in [0.717, 1.165) is 45.2 Å². The summed E-state index contributed by atoms with van der Waals surface area (Å²) < 4.78 is 27.5. The predicted molar refractivity (Wildman–Crippen MR) is 126 cm³/mol. The molecule has 1 N–H and O–H groups in total. The topological polar surface area (TPSA) is 82.6 Å². The number of anilines is 2. The van der Waals surface area contributed by atoms with Crippen molar-refractivity contribution in [1.82, 2.24) is 9.29 Å². The average molecular weight is 457 g/mol. The number of carbonyl (C=O) groups excluding carboxylic acids is 1. The van der Waals surface area contributed by atoms with Gasteiger partial charge in [0, 0.05) is 38.1 Å². The second-order valence-corrected chi connectivity index (χ2v) is 11.4. The molecule has 1 aromatic heterocycles.